The van der Waals surface area contributed by atoms with Crippen LogP contribution in [0.15, 0.2) is 31.2 Å². The van der Waals surface area contributed by atoms with Gasteiger partial charge in [0.15, 0.2) is 0 Å². The molecule has 0 aliphatic carbocycles. The lowest BCUT2D eigenvalue weighted by atomic mass is 10.2. The smallest absolute Gasteiger partial charge is 0.0951 e. The Hall–Kier alpha value is -1.62. The Labute approximate surface area is 94.9 Å². The van der Waals surface area contributed by atoms with Gasteiger partial charge in [0.05, 0.1) is 18.3 Å². The predicted molar refractivity (Wildman–Crippen MR) is 61.8 cm³/mol. The van der Waals surface area contributed by atoms with Gasteiger partial charge in [0.25, 0.3) is 0 Å². The molecular weight excluding hydrogens is 202 g/mol. The third kappa shape index (κ3) is 2.14. The zero-order valence-electron chi connectivity index (χ0n) is 9.61. The van der Waals surface area contributed by atoms with Crippen molar-refractivity contribution < 1.29 is 0 Å². The van der Waals surface area contributed by atoms with E-state index in [-0.39, 0.29) is 6.04 Å². The lowest BCUT2D eigenvalue weighted by Crippen LogP contribution is -2.17. The molecule has 5 heteroatoms. The van der Waals surface area contributed by atoms with Crippen LogP contribution in [0, 0.1) is 0 Å². The molecule has 2 N–H and O–H groups in total. The molecule has 2 heterocycles. The largest absolute Gasteiger partial charge is 0.335 e. The van der Waals surface area contributed by atoms with E-state index in [9.17, 15) is 0 Å². The van der Waals surface area contributed by atoms with Crippen LogP contribution in [0.2, 0.25) is 0 Å². The first-order valence-electron chi connectivity index (χ1n) is 5.41. The molecule has 0 radical (unpaired) electrons. The van der Waals surface area contributed by atoms with Crippen LogP contribution in [0.1, 0.15) is 31.6 Å². The van der Waals surface area contributed by atoms with E-state index in [0.717, 1.165) is 12.2 Å². The molecule has 0 amide bonds. The molecule has 16 heavy (non-hydrogen) atoms. The molecule has 0 aliphatic heterocycles. The number of nitrogens with two attached hydrogens (primary N) is 1. The second-order valence-corrected chi connectivity index (χ2v) is 4.12. The molecule has 86 valence electrons. The van der Waals surface area contributed by atoms with E-state index in [4.69, 9.17) is 5.73 Å². The fourth-order valence-electron chi connectivity index (χ4n) is 1.82. The summed E-state index contributed by atoms with van der Waals surface area (Å²) in [4.78, 5) is 8.18. The fraction of sp³-hybridized carbons (Fsp3) is 0.455. The maximum Gasteiger partial charge on any atom is 0.0951 e. The maximum absolute atomic E-state index is 5.89. The molecule has 0 aliphatic rings. The second kappa shape index (κ2) is 4.49. The summed E-state index contributed by atoms with van der Waals surface area (Å²) in [7, 11) is 0. The van der Waals surface area contributed by atoms with E-state index in [2.05, 4.69) is 26.0 Å². The van der Waals surface area contributed by atoms with Gasteiger partial charge >= 0.3 is 0 Å². The summed E-state index contributed by atoms with van der Waals surface area (Å²) < 4.78 is 4.17. The maximum atomic E-state index is 5.89. The molecule has 0 aromatic carbocycles. The first kappa shape index (κ1) is 10.9. The van der Waals surface area contributed by atoms with Gasteiger partial charge in [-0.25, -0.2) is 9.97 Å². The van der Waals surface area contributed by atoms with Crippen LogP contribution in [0.3, 0.4) is 0 Å². The van der Waals surface area contributed by atoms with Crippen molar-refractivity contribution in [2.45, 2.75) is 32.5 Å². The number of nitrogens with zero attached hydrogens (tertiary/aromatic N) is 4. The Morgan fingerprint density at radius 1 is 1.31 bits per heavy atom. The summed E-state index contributed by atoms with van der Waals surface area (Å²) in [5, 5.41) is 0. The van der Waals surface area contributed by atoms with Crippen molar-refractivity contribution >= 4 is 0 Å². The van der Waals surface area contributed by atoms with Crippen LogP contribution in [0.4, 0.5) is 0 Å². The average molecular weight is 219 g/mol. The summed E-state index contributed by atoms with van der Waals surface area (Å²) in [6, 6.07) is 0.324. The van der Waals surface area contributed by atoms with Crippen molar-refractivity contribution in [2.24, 2.45) is 5.73 Å². The van der Waals surface area contributed by atoms with E-state index in [1.807, 2.05) is 32.0 Å². The molecule has 2 aromatic heterocycles. The molecular formula is C11H17N5. The van der Waals surface area contributed by atoms with Crippen molar-refractivity contribution in [2.75, 3.05) is 0 Å². The van der Waals surface area contributed by atoms with Gasteiger partial charge in [-0.15, -0.1) is 0 Å². The number of hydrogen-bond donors (Lipinski definition) is 1. The Kier molecular flexibility index (Phi) is 3.05. The third-order valence-corrected chi connectivity index (χ3v) is 2.67. The van der Waals surface area contributed by atoms with Gasteiger partial charge in [-0.1, -0.05) is 0 Å². The van der Waals surface area contributed by atoms with Crippen LogP contribution < -0.4 is 5.73 Å². The van der Waals surface area contributed by atoms with Gasteiger partial charge in [-0.05, 0) is 13.8 Å². The summed E-state index contributed by atoms with van der Waals surface area (Å²) >= 11 is 0. The van der Waals surface area contributed by atoms with Crippen molar-refractivity contribution in [3.8, 4) is 0 Å². The highest BCUT2D eigenvalue weighted by atomic mass is 15.1. The van der Waals surface area contributed by atoms with Crippen LogP contribution in [0.5, 0.6) is 0 Å². The normalized spacial score (nSPS) is 14.9. The summed E-state index contributed by atoms with van der Waals surface area (Å²) in [5.41, 5.74) is 6.95. The number of imidazole rings is 2. The van der Waals surface area contributed by atoms with E-state index in [0.29, 0.717) is 6.04 Å². The quantitative estimate of drug-likeness (QED) is 0.844. The highest BCUT2D eigenvalue weighted by molar-refractivity contribution is 5.04. The van der Waals surface area contributed by atoms with Gasteiger partial charge in [-0.3, -0.25) is 0 Å². The standard InChI is InChI=1S/C11H17N5/c1-9(6-15-4-3-13-7-15)16-8-14-5-11(16)10(2)12/h3-5,7-10H,6,12H2,1-2H3/t9?,10-/m0/s1. The first-order chi connectivity index (χ1) is 7.68. The van der Waals surface area contributed by atoms with Crippen molar-refractivity contribution in [1.29, 1.82) is 0 Å². The highest BCUT2D eigenvalue weighted by Crippen LogP contribution is 2.16. The molecule has 2 rings (SSSR count). The van der Waals surface area contributed by atoms with E-state index in [1.54, 1.807) is 6.20 Å². The zero-order valence-corrected chi connectivity index (χ0v) is 9.61. The van der Waals surface area contributed by atoms with E-state index < -0.39 is 0 Å². The zero-order chi connectivity index (χ0) is 11.5. The second-order valence-electron chi connectivity index (χ2n) is 4.12. The lowest BCUT2D eigenvalue weighted by Gasteiger charge is -2.18. The molecule has 0 saturated carbocycles. The van der Waals surface area contributed by atoms with Gasteiger partial charge in [0, 0.05) is 37.2 Å². The molecule has 0 saturated heterocycles. The molecule has 2 aromatic rings. The monoisotopic (exact) mass is 219 g/mol. The number of hydrogen-bond acceptors (Lipinski definition) is 3. The third-order valence-electron chi connectivity index (χ3n) is 2.67. The fourth-order valence-corrected chi connectivity index (χ4v) is 1.82. The van der Waals surface area contributed by atoms with Crippen molar-refractivity contribution in [3.63, 3.8) is 0 Å². The van der Waals surface area contributed by atoms with Crippen molar-refractivity contribution in [1.82, 2.24) is 19.1 Å². The molecule has 1 unspecified atom stereocenters. The number of rotatable bonds is 4. The van der Waals surface area contributed by atoms with Crippen LogP contribution in [-0.4, -0.2) is 19.1 Å². The SMILES string of the molecule is CC(Cn1ccnc1)n1cncc1[C@H](C)N. The predicted octanol–water partition coefficient (Wildman–Crippen LogP) is 1.36. The van der Waals surface area contributed by atoms with E-state index >= 15 is 0 Å². The van der Waals surface area contributed by atoms with Gasteiger partial charge in [0.2, 0.25) is 0 Å². The Balaban J connectivity index is 2.14. The topological polar surface area (TPSA) is 61.7 Å². The Morgan fingerprint density at radius 3 is 2.75 bits per heavy atom. The van der Waals surface area contributed by atoms with Crippen LogP contribution in [0.25, 0.3) is 0 Å². The average Bonchev–Trinajstić information content (AvgIpc) is 2.86. The summed E-state index contributed by atoms with van der Waals surface area (Å²) in [5.74, 6) is 0. The Morgan fingerprint density at radius 2 is 2.12 bits per heavy atom. The molecule has 0 fully saturated rings. The minimum absolute atomic E-state index is 0.00716. The minimum Gasteiger partial charge on any atom is -0.335 e. The number of aromatic nitrogens is 4. The highest BCUT2D eigenvalue weighted by Gasteiger charge is 2.12. The van der Waals surface area contributed by atoms with Gasteiger partial charge < -0.3 is 14.9 Å². The van der Waals surface area contributed by atoms with Crippen LogP contribution >= 0.6 is 0 Å². The van der Waals surface area contributed by atoms with E-state index in [1.165, 1.54) is 0 Å². The summed E-state index contributed by atoms with van der Waals surface area (Å²) in [6.07, 6.45) is 9.22. The molecule has 0 spiro atoms. The van der Waals surface area contributed by atoms with Crippen molar-refractivity contribution in [3.05, 3.63) is 36.9 Å². The van der Waals surface area contributed by atoms with Gasteiger partial charge in [0.1, 0.15) is 0 Å². The Bertz CT molecular complexity index is 429. The molecule has 2 atom stereocenters. The first-order valence-corrected chi connectivity index (χ1v) is 5.41. The van der Waals surface area contributed by atoms with Gasteiger partial charge in [-0.2, -0.15) is 0 Å². The molecule has 0 bridgehead atoms. The van der Waals surface area contributed by atoms with Crippen LogP contribution in [-0.2, 0) is 6.54 Å². The summed E-state index contributed by atoms with van der Waals surface area (Å²) in [6.45, 7) is 4.99. The minimum atomic E-state index is 0.00716. The molecule has 5 nitrogen and oxygen atoms in total. The lowest BCUT2D eigenvalue weighted by molar-refractivity contribution is 0.444.